The number of nitrogen functional groups attached to an aromatic ring is 1. The largest absolute Gasteiger partial charge is 0.398 e. The number of carbonyl (C=O) groups excluding carboxylic acids is 1. The summed E-state index contributed by atoms with van der Waals surface area (Å²) in [5, 5.41) is 9.04. The number of fused-ring (bicyclic) bond motifs is 1. The van der Waals surface area contributed by atoms with Crippen molar-refractivity contribution in [2.75, 3.05) is 12.3 Å². The fourth-order valence-corrected chi connectivity index (χ4v) is 1.83. The SMILES string of the molecule is CC(CO)N1Cc2c(N)cccc2C1=O. The van der Waals surface area contributed by atoms with Crippen LogP contribution in [0.4, 0.5) is 5.69 Å². The molecule has 0 fully saturated rings. The average Bonchev–Trinajstić information content (AvgIpc) is 2.57. The Hall–Kier alpha value is -1.55. The van der Waals surface area contributed by atoms with E-state index in [1.54, 1.807) is 23.1 Å². The third-order valence-corrected chi connectivity index (χ3v) is 2.83. The van der Waals surface area contributed by atoms with Gasteiger partial charge < -0.3 is 15.7 Å². The molecule has 2 rings (SSSR count). The maximum Gasteiger partial charge on any atom is 0.254 e. The van der Waals surface area contributed by atoms with Crippen LogP contribution in [0.25, 0.3) is 0 Å². The van der Waals surface area contributed by atoms with Gasteiger partial charge in [-0.05, 0) is 19.1 Å². The Labute approximate surface area is 88.3 Å². The first kappa shape index (κ1) is 9.98. The molecule has 15 heavy (non-hydrogen) atoms. The highest BCUT2D eigenvalue weighted by Gasteiger charge is 2.31. The Morgan fingerprint density at radius 3 is 2.93 bits per heavy atom. The predicted molar refractivity (Wildman–Crippen MR) is 57.3 cm³/mol. The first-order valence-corrected chi connectivity index (χ1v) is 4.94. The van der Waals surface area contributed by atoms with Crippen LogP contribution in [0.3, 0.4) is 0 Å². The molecule has 1 heterocycles. The van der Waals surface area contributed by atoms with Crippen LogP contribution >= 0.6 is 0 Å². The molecular weight excluding hydrogens is 192 g/mol. The third-order valence-electron chi connectivity index (χ3n) is 2.83. The van der Waals surface area contributed by atoms with Crippen molar-refractivity contribution < 1.29 is 9.90 Å². The second kappa shape index (κ2) is 3.55. The summed E-state index contributed by atoms with van der Waals surface area (Å²) in [5.74, 6) is -0.0427. The number of nitrogens with two attached hydrogens (primary N) is 1. The van der Waals surface area contributed by atoms with Crippen molar-refractivity contribution in [1.29, 1.82) is 0 Å². The minimum absolute atomic E-state index is 0.0281. The Bertz CT molecular complexity index is 404. The van der Waals surface area contributed by atoms with Crippen LogP contribution < -0.4 is 5.73 Å². The number of aliphatic hydroxyl groups excluding tert-OH is 1. The second-order valence-corrected chi connectivity index (χ2v) is 3.84. The molecule has 0 aliphatic carbocycles. The van der Waals surface area contributed by atoms with Crippen LogP contribution in [0, 0.1) is 0 Å². The summed E-state index contributed by atoms with van der Waals surface area (Å²) >= 11 is 0. The van der Waals surface area contributed by atoms with E-state index in [0.29, 0.717) is 17.8 Å². The van der Waals surface area contributed by atoms with Crippen molar-refractivity contribution in [1.82, 2.24) is 4.90 Å². The van der Waals surface area contributed by atoms with Gasteiger partial charge in [0.15, 0.2) is 0 Å². The predicted octanol–water partition coefficient (Wildman–Crippen LogP) is 0.605. The molecule has 1 atom stereocenters. The van der Waals surface area contributed by atoms with E-state index >= 15 is 0 Å². The molecule has 1 aliphatic heterocycles. The minimum Gasteiger partial charge on any atom is -0.398 e. The maximum absolute atomic E-state index is 11.9. The molecule has 1 aromatic carbocycles. The molecule has 1 aromatic rings. The monoisotopic (exact) mass is 206 g/mol. The number of hydrogen-bond donors (Lipinski definition) is 2. The Balaban J connectivity index is 2.37. The van der Waals surface area contributed by atoms with Crippen LogP contribution in [-0.4, -0.2) is 28.6 Å². The summed E-state index contributed by atoms with van der Waals surface area (Å²) in [6, 6.07) is 5.18. The van der Waals surface area contributed by atoms with Crippen molar-refractivity contribution in [2.24, 2.45) is 0 Å². The van der Waals surface area contributed by atoms with Crippen molar-refractivity contribution >= 4 is 11.6 Å². The highest BCUT2D eigenvalue weighted by Crippen LogP contribution is 2.28. The van der Waals surface area contributed by atoms with Gasteiger partial charge in [0, 0.05) is 23.4 Å². The summed E-state index contributed by atoms with van der Waals surface area (Å²) in [4.78, 5) is 13.5. The molecule has 0 radical (unpaired) electrons. The zero-order chi connectivity index (χ0) is 11.0. The normalized spacial score (nSPS) is 16.7. The van der Waals surface area contributed by atoms with Gasteiger partial charge in [-0.25, -0.2) is 0 Å². The molecule has 1 aliphatic rings. The lowest BCUT2D eigenvalue weighted by atomic mass is 10.1. The number of aliphatic hydroxyl groups is 1. The lowest BCUT2D eigenvalue weighted by Crippen LogP contribution is -2.35. The molecule has 0 saturated heterocycles. The molecular formula is C11H14N2O2. The van der Waals surface area contributed by atoms with Crippen molar-refractivity contribution in [3.63, 3.8) is 0 Å². The van der Waals surface area contributed by atoms with Crippen LogP contribution in [-0.2, 0) is 6.54 Å². The lowest BCUT2D eigenvalue weighted by Gasteiger charge is -2.21. The summed E-state index contributed by atoms with van der Waals surface area (Å²) in [6.07, 6.45) is 0. The molecule has 0 bridgehead atoms. The molecule has 1 amide bonds. The number of anilines is 1. The summed E-state index contributed by atoms with van der Waals surface area (Å²) in [6.45, 7) is 2.29. The van der Waals surface area contributed by atoms with E-state index in [-0.39, 0.29) is 18.6 Å². The Morgan fingerprint density at radius 2 is 2.33 bits per heavy atom. The Kier molecular flexibility index (Phi) is 2.36. The van der Waals surface area contributed by atoms with E-state index in [4.69, 9.17) is 10.8 Å². The van der Waals surface area contributed by atoms with Gasteiger partial charge in [0.1, 0.15) is 0 Å². The van der Waals surface area contributed by atoms with Crippen molar-refractivity contribution in [3.05, 3.63) is 29.3 Å². The first-order chi connectivity index (χ1) is 7.15. The lowest BCUT2D eigenvalue weighted by molar-refractivity contribution is 0.0644. The molecule has 0 aromatic heterocycles. The number of benzene rings is 1. The standard InChI is InChI=1S/C11H14N2O2/c1-7(6-14)13-5-9-8(11(13)15)3-2-4-10(9)12/h2-4,7,14H,5-6,12H2,1H3. The smallest absolute Gasteiger partial charge is 0.254 e. The highest BCUT2D eigenvalue weighted by atomic mass is 16.3. The van der Waals surface area contributed by atoms with Crippen molar-refractivity contribution in [3.8, 4) is 0 Å². The molecule has 4 nitrogen and oxygen atoms in total. The van der Waals surface area contributed by atoms with Gasteiger partial charge in [-0.1, -0.05) is 6.07 Å². The van der Waals surface area contributed by atoms with Crippen LogP contribution in [0.1, 0.15) is 22.8 Å². The maximum atomic E-state index is 11.9. The fourth-order valence-electron chi connectivity index (χ4n) is 1.83. The van der Waals surface area contributed by atoms with Crippen LogP contribution in [0.2, 0.25) is 0 Å². The molecule has 80 valence electrons. The summed E-state index contributed by atoms with van der Waals surface area (Å²) in [7, 11) is 0. The number of nitrogens with zero attached hydrogens (tertiary/aromatic N) is 1. The number of amides is 1. The van der Waals surface area contributed by atoms with Gasteiger partial charge in [0.25, 0.3) is 5.91 Å². The van der Waals surface area contributed by atoms with Gasteiger partial charge in [0.2, 0.25) is 0 Å². The van der Waals surface area contributed by atoms with Gasteiger partial charge in [-0.15, -0.1) is 0 Å². The summed E-state index contributed by atoms with van der Waals surface area (Å²) in [5.41, 5.74) is 7.98. The number of rotatable bonds is 2. The topological polar surface area (TPSA) is 66.6 Å². The van der Waals surface area contributed by atoms with Gasteiger partial charge in [-0.3, -0.25) is 4.79 Å². The van der Waals surface area contributed by atoms with Crippen LogP contribution in [0.5, 0.6) is 0 Å². The zero-order valence-electron chi connectivity index (χ0n) is 8.60. The van der Waals surface area contributed by atoms with Gasteiger partial charge in [0.05, 0.1) is 12.6 Å². The average molecular weight is 206 g/mol. The molecule has 1 unspecified atom stereocenters. The minimum atomic E-state index is -0.163. The molecule has 3 N–H and O–H groups in total. The zero-order valence-corrected chi connectivity index (χ0v) is 8.60. The third kappa shape index (κ3) is 1.47. The van der Waals surface area contributed by atoms with Gasteiger partial charge >= 0.3 is 0 Å². The molecule has 0 spiro atoms. The summed E-state index contributed by atoms with van der Waals surface area (Å²) < 4.78 is 0. The van der Waals surface area contributed by atoms with Crippen molar-refractivity contribution in [2.45, 2.75) is 19.5 Å². The number of carbonyl (C=O) groups is 1. The van der Waals surface area contributed by atoms with E-state index in [1.807, 2.05) is 6.92 Å². The van der Waals surface area contributed by atoms with E-state index in [9.17, 15) is 4.79 Å². The molecule has 0 saturated carbocycles. The quantitative estimate of drug-likeness (QED) is 0.696. The van der Waals surface area contributed by atoms with Crippen LogP contribution in [0.15, 0.2) is 18.2 Å². The Morgan fingerprint density at radius 1 is 1.60 bits per heavy atom. The molecule has 4 heteroatoms. The van der Waals surface area contributed by atoms with E-state index < -0.39 is 0 Å². The van der Waals surface area contributed by atoms with E-state index in [0.717, 1.165) is 5.56 Å². The number of hydrogen-bond acceptors (Lipinski definition) is 3. The fraction of sp³-hybridized carbons (Fsp3) is 0.364. The first-order valence-electron chi connectivity index (χ1n) is 4.94. The second-order valence-electron chi connectivity index (χ2n) is 3.84. The van der Waals surface area contributed by atoms with E-state index in [1.165, 1.54) is 0 Å². The highest BCUT2D eigenvalue weighted by molar-refractivity contribution is 6.00. The van der Waals surface area contributed by atoms with Gasteiger partial charge in [-0.2, -0.15) is 0 Å². The van der Waals surface area contributed by atoms with E-state index in [2.05, 4.69) is 0 Å².